The maximum atomic E-state index is 12.1. The summed E-state index contributed by atoms with van der Waals surface area (Å²) >= 11 is 5.91. The fourth-order valence-electron chi connectivity index (χ4n) is 1.77. The van der Waals surface area contributed by atoms with E-state index in [2.05, 4.69) is 10.6 Å². The lowest BCUT2D eigenvalue weighted by Crippen LogP contribution is -2.23. The Morgan fingerprint density at radius 3 is 2.74 bits per heavy atom. The molecule has 0 saturated carbocycles. The second-order valence-electron chi connectivity index (χ2n) is 4.13. The van der Waals surface area contributed by atoms with Gasteiger partial charge in [0.2, 0.25) is 0 Å². The summed E-state index contributed by atoms with van der Waals surface area (Å²) < 4.78 is 5.39. The van der Waals surface area contributed by atoms with Crippen molar-refractivity contribution in [2.75, 3.05) is 12.4 Å². The van der Waals surface area contributed by atoms with Crippen molar-refractivity contribution in [3.8, 4) is 0 Å². The number of aryl methyl sites for hydroxylation is 1. The van der Waals surface area contributed by atoms with Crippen molar-refractivity contribution in [3.63, 3.8) is 0 Å². The van der Waals surface area contributed by atoms with E-state index in [1.165, 1.54) is 0 Å². The van der Waals surface area contributed by atoms with Crippen LogP contribution in [0.1, 0.15) is 21.9 Å². The molecule has 0 spiro atoms. The van der Waals surface area contributed by atoms with Crippen molar-refractivity contribution in [3.05, 3.63) is 52.4 Å². The van der Waals surface area contributed by atoms with Crippen LogP contribution in [0.25, 0.3) is 0 Å². The Labute approximate surface area is 116 Å². The summed E-state index contributed by atoms with van der Waals surface area (Å²) in [5.41, 5.74) is 1.25. The van der Waals surface area contributed by atoms with Gasteiger partial charge in [0.15, 0.2) is 0 Å². The monoisotopic (exact) mass is 278 g/mol. The van der Waals surface area contributed by atoms with Crippen LogP contribution in [0.2, 0.25) is 5.02 Å². The van der Waals surface area contributed by atoms with Crippen LogP contribution in [-0.4, -0.2) is 13.0 Å². The third-order valence-electron chi connectivity index (χ3n) is 2.71. The molecule has 1 aromatic carbocycles. The maximum Gasteiger partial charge on any atom is 0.253 e. The summed E-state index contributed by atoms with van der Waals surface area (Å²) in [6.45, 7) is 2.21. The number of nitrogens with one attached hydrogen (secondary N) is 2. The molecule has 0 bridgehead atoms. The van der Waals surface area contributed by atoms with Gasteiger partial charge in [-0.1, -0.05) is 11.6 Å². The minimum Gasteiger partial charge on any atom is -0.465 e. The van der Waals surface area contributed by atoms with Crippen molar-refractivity contribution < 1.29 is 9.21 Å². The topological polar surface area (TPSA) is 54.3 Å². The van der Waals surface area contributed by atoms with Crippen LogP contribution in [0.5, 0.6) is 0 Å². The normalized spacial score (nSPS) is 10.3. The number of anilines is 1. The van der Waals surface area contributed by atoms with Crippen LogP contribution >= 0.6 is 11.6 Å². The summed E-state index contributed by atoms with van der Waals surface area (Å²) in [6, 6.07) is 8.84. The first-order valence-electron chi connectivity index (χ1n) is 5.91. The van der Waals surface area contributed by atoms with Crippen LogP contribution in [-0.2, 0) is 6.54 Å². The number of hydrogen-bond acceptors (Lipinski definition) is 3. The molecule has 1 heterocycles. The number of carbonyl (C=O) groups excluding carboxylic acids is 1. The van der Waals surface area contributed by atoms with Crippen molar-refractivity contribution in [2.45, 2.75) is 13.5 Å². The molecule has 19 heavy (non-hydrogen) atoms. The van der Waals surface area contributed by atoms with Gasteiger partial charge in [-0.3, -0.25) is 4.79 Å². The van der Waals surface area contributed by atoms with Gasteiger partial charge in [0.1, 0.15) is 11.5 Å². The third kappa shape index (κ3) is 3.29. The summed E-state index contributed by atoms with van der Waals surface area (Å²) in [7, 11) is 1.76. The van der Waals surface area contributed by atoms with E-state index >= 15 is 0 Å². The molecule has 1 amide bonds. The van der Waals surface area contributed by atoms with Gasteiger partial charge in [0.05, 0.1) is 12.1 Å². The Kier molecular flexibility index (Phi) is 4.12. The number of rotatable bonds is 4. The van der Waals surface area contributed by atoms with Crippen molar-refractivity contribution in [1.82, 2.24) is 5.32 Å². The molecule has 100 valence electrons. The molecule has 0 aliphatic carbocycles. The lowest BCUT2D eigenvalue weighted by Gasteiger charge is -2.09. The maximum absolute atomic E-state index is 12.1. The molecule has 0 saturated heterocycles. The molecule has 2 rings (SSSR count). The average Bonchev–Trinajstić information content (AvgIpc) is 2.81. The fourth-order valence-corrected chi connectivity index (χ4v) is 1.94. The summed E-state index contributed by atoms with van der Waals surface area (Å²) in [5, 5.41) is 6.29. The summed E-state index contributed by atoms with van der Waals surface area (Å²) in [6.07, 6.45) is 0. The van der Waals surface area contributed by atoms with E-state index in [1.54, 1.807) is 25.2 Å². The van der Waals surface area contributed by atoms with Crippen molar-refractivity contribution in [1.29, 1.82) is 0 Å². The predicted octanol–water partition coefficient (Wildman–Crippen LogP) is 3.21. The fraction of sp³-hybridized carbons (Fsp3) is 0.214. The third-order valence-corrected chi connectivity index (χ3v) is 2.95. The Hall–Kier alpha value is -1.94. The molecule has 0 unspecified atom stereocenters. The van der Waals surface area contributed by atoms with E-state index in [9.17, 15) is 4.79 Å². The first kappa shape index (κ1) is 13.5. The standard InChI is InChI=1S/C14H15ClN2O2/c1-9-3-5-11(19-9)8-17-14(18)12-7-10(15)4-6-13(12)16-2/h3-7,16H,8H2,1-2H3,(H,17,18). The van der Waals surface area contributed by atoms with Crippen molar-refractivity contribution in [2.24, 2.45) is 0 Å². The lowest BCUT2D eigenvalue weighted by atomic mass is 10.1. The van der Waals surface area contributed by atoms with E-state index in [4.69, 9.17) is 16.0 Å². The molecule has 0 atom stereocenters. The van der Waals surface area contributed by atoms with Gasteiger partial charge in [-0.05, 0) is 37.3 Å². The van der Waals surface area contributed by atoms with Crippen LogP contribution in [0.15, 0.2) is 34.7 Å². The molecular formula is C14H15ClN2O2. The number of amides is 1. The summed E-state index contributed by atoms with van der Waals surface area (Å²) in [4.78, 5) is 12.1. The Morgan fingerprint density at radius 1 is 1.32 bits per heavy atom. The number of halogens is 1. The van der Waals surface area contributed by atoms with Gasteiger partial charge in [-0.2, -0.15) is 0 Å². The van der Waals surface area contributed by atoms with Gasteiger partial charge in [0.25, 0.3) is 5.91 Å². The first-order chi connectivity index (χ1) is 9.10. The second-order valence-corrected chi connectivity index (χ2v) is 4.57. The number of hydrogen-bond donors (Lipinski definition) is 2. The zero-order valence-corrected chi connectivity index (χ0v) is 11.5. The second kappa shape index (κ2) is 5.80. The Bertz CT molecular complexity index is 593. The van der Waals surface area contributed by atoms with Crippen molar-refractivity contribution >= 4 is 23.2 Å². The zero-order valence-electron chi connectivity index (χ0n) is 10.8. The quantitative estimate of drug-likeness (QED) is 0.903. The average molecular weight is 279 g/mol. The number of benzene rings is 1. The first-order valence-corrected chi connectivity index (χ1v) is 6.29. The molecular weight excluding hydrogens is 264 g/mol. The minimum atomic E-state index is -0.194. The number of carbonyl (C=O) groups is 1. The molecule has 0 radical (unpaired) electrons. The highest BCUT2D eigenvalue weighted by Gasteiger charge is 2.11. The van der Waals surface area contributed by atoms with Crippen LogP contribution in [0.4, 0.5) is 5.69 Å². The van der Waals surface area contributed by atoms with Crippen LogP contribution < -0.4 is 10.6 Å². The van der Waals surface area contributed by atoms with E-state index in [0.29, 0.717) is 17.1 Å². The highest BCUT2D eigenvalue weighted by Crippen LogP contribution is 2.20. The molecule has 4 nitrogen and oxygen atoms in total. The predicted molar refractivity (Wildman–Crippen MR) is 75.6 cm³/mol. The molecule has 1 aromatic heterocycles. The van der Waals surface area contributed by atoms with E-state index in [-0.39, 0.29) is 5.91 Å². The van der Waals surface area contributed by atoms with Gasteiger partial charge >= 0.3 is 0 Å². The molecule has 5 heteroatoms. The summed E-state index contributed by atoms with van der Waals surface area (Å²) in [5.74, 6) is 1.35. The van der Waals surface area contributed by atoms with E-state index in [1.807, 2.05) is 19.1 Å². The van der Waals surface area contributed by atoms with Gasteiger partial charge in [-0.15, -0.1) is 0 Å². The Morgan fingerprint density at radius 2 is 2.11 bits per heavy atom. The Balaban J connectivity index is 2.09. The smallest absolute Gasteiger partial charge is 0.253 e. The zero-order chi connectivity index (χ0) is 13.8. The highest BCUT2D eigenvalue weighted by molar-refractivity contribution is 6.31. The molecule has 0 fully saturated rings. The molecule has 2 aromatic rings. The van der Waals surface area contributed by atoms with Gasteiger partial charge in [0, 0.05) is 17.8 Å². The molecule has 2 N–H and O–H groups in total. The van der Waals surface area contributed by atoms with E-state index in [0.717, 1.165) is 17.2 Å². The van der Waals surface area contributed by atoms with E-state index < -0.39 is 0 Å². The SMILES string of the molecule is CNc1ccc(Cl)cc1C(=O)NCc1ccc(C)o1. The molecule has 0 aliphatic rings. The van der Waals surface area contributed by atoms with Gasteiger partial charge < -0.3 is 15.1 Å². The lowest BCUT2D eigenvalue weighted by molar-refractivity contribution is 0.0948. The number of furan rings is 1. The van der Waals surface area contributed by atoms with Gasteiger partial charge in [-0.25, -0.2) is 0 Å². The minimum absolute atomic E-state index is 0.194. The van der Waals surface area contributed by atoms with Crippen LogP contribution in [0.3, 0.4) is 0 Å². The molecule has 0 aliphatic heterocycles. The largest absolute Gasteiger partial charge is 0.465 e. The highest BCUT2D eigenvalue weighted by atomic mass is 35.5. The van der Waals surface area contributed by atoms with Crippen LogP contribution in [0, 0.1) is 6.92 Å².